The van der Waals surface area contributed by atoms with Crippen LogP contribution in [0.1, 0.15) is 38.3 Å². The van der Waals surface area contributed by atoms with Crippen LogP contribution in [0, 0.1) is 5.82 Å². The predicted octanol–water partition coefficient (Wildman–Crippen LogP) is 3.14. The Morgan fingerprint density at radius 2 is 2.10 bits per heavy atom. The summed E-state index contributed by atoms with van der Waals surface area (Å²) >= 11 is 6.07. The van der Waals surface area contributed by atoms with Crippen molar-refractivity contribution in [1.82, 2.24) is 10.2 Å². The van der Waals surface area contributed by atoms with Crippen LogP contribution in [0.3, 0.4) is 0 Å². The highest BCUT2D eigenvalue weighted by Crippen LogP contribution is 2.25. The molecule has 110 valence electrons. The lowest BCUT2D eigenvalue weighted by Crippen LogP contribution is -2.44. The van der Waals surface area contributed by atoms with Gasteiger partial charge < -0.3 is 10.2 Å². The number of hydrogen-bond acceptors (Lipinski definition) is 2. The molecule has 1 saturated heterocycles. The molecule has 1 amide bonds. The number of rotatable bonds is 3. The fraction of sp³-hybridized carbons (Fsp3) is 0.533. The summed E-state index contributed by atoms with van der Waals surface area (Å²) in [6.45, 7) is 5.21. The molecule has 0 radical (unpaired) electrons. The van der Waals surface area contributed by atoms with Crippen LogP contribution in [0.4, 0.5) is 4.39 Å². The number of carbonyl (C=O) groups is 1. The van der Waals surface area contributed by atoms with Gasteiger partial charge in [0.15, 0.2) is 0 Å². The van der Waals surface area contributed by atoms with Crippen LogP contribution in [0.5, 0.6) is 0 Å². The third-order valence-corrected chi connectivity index (χ3v) is 4.18. The van der Waals surface area contributed by atoms with Crippen molar-refractivity contribution < 1.29 is 9.18 Å². The van der Waals surface area contributed by atoms with Crippen LogP contribution in [-0.2, 0) is 4.79 Å². The molecule has 1 fully saturated rings. The molecule has 0 bridgehead atoms. The third-order valence-electron chi connectivity index (χ3n) is 3.85. The average Bonchev–Trinajstić information content (AvgIpc) is 2.39. The summed E-state index contributed by atoms with van der Waals surface area (Å²) < 4.78 is 13.0. The molecule has 1 heterocycles. The first kappa shape index (κ1) is 15.3. The molecule has 5 heteroatoms. The Balaban J connectivity index is 1.92. The topological polar surface area (TPSA) is 32.3 Å². The number of piperidine rings is 1. The van der Waals surface area contributed by atoms with Crippen LogP contribution in [-0.4, -0.2) is 29.9 Å². The smallest absolute Gasteiger partial charge is 0.219 e. The summed E-state index contributed by atoms with van der Waals surface area (Å²) in [6.07, 6.45) is 1.87. The Morgan fingerprint density at radius 3 is 2.65 bits per heavy atom. The van der Waals surface area contributed by atoms with E-state index in [0.717, 1.165) is 31.5 Å². The minimum atomic E-state index is -0.319. The van der Waals surface area contributed by atoms with Gasteiger partial charge in [-0.05, 0) is 37.5 Å². The lowest BCUT2D eigenvalue weighted by atomic mass is 10.0. The Labute approximate surface area is 124 Å². The number of halogens is 2. The summed E-state index contributed by atoms with van der Waals surface area (Å²) in [7, 11) is 0. The van der Waals surface area contributed by atoms with E-state index >= 15 is 0 Å². The molecule has 1 aliphatic heterocycles. The van der Waals surface area contributed by atoms with E-state index in [2.05, 4.69) is 5.32 Å². The zero-order chi connectivity index (χ0) is 14.7. The van der Waals surface area contributed by atoms with E-state index in [0.29, 0.717) is 11.1 Å². The highest BCUT2D eigenvalue weighted by atomic mass is 35.5. The number of nitrogens with zero attached hydrogens (tertiary/aromatic N) is 1. The van der Waals surface area contributed by atoms with Crippen LogP contribution in [0.15, 0.2) is 18.2 Å². The largest absolute Gasteiger partial charge is 0.343 e. The highest BCUT2D eigenvalue weighted by Gasteiger charge is 2.22. The van der Waals surface area contributed by atoms with E-state index in [4.69, 9.17) is 11.6 Å². The first-order valence-corrected chi connectivity index (χ1v) is 7.31. The molecule has 0 saturated carbocycles. The maximum Gasteiger partial charge on any atom is 0.219 e. The summed E-state index contributed by atoms with van der Waals surface area (Å²) in [5, 5.41) is 3.96. The number of hydrogen-bond donors (Lipinski definition) is 1. The molecule has 1 aromatic rings. The van der Waals surface area contributed by atoms with Gasteiger partial charge in [-0.1, -0.05) is 17.7 Å². The second kappa shape index (κ2) is 6.55. The molecule has 0 aromatic heterocycles. The summed E-state index contributed by atoms with van der Waals surface area (Å²) in [5.41, 5.74) is 0.905. The van der Waals surface area contributed by atoms with Crippen LogP contribution >= 0.6 is 11.6 Å². The van der Waals surface area contributed by atoms with Crippen molar-refractivity contribution in [2.45, 2.75) is 38.8 Å². The Kier molecular flexibility index (Phi) is 5.00. The Hall–Kier alpha value is -1.13. The molecule has 0 aliphatic carbocycles. The molecular weight excluding hydrogens is 279 g/mol. The van der Waals surface area contributed by atoms with Gasteiger partial charge in [0, 0.05) is 37.1 Å². The number of carbonyl (C=O) groups excluding carboxylic acids is 1. The van der Waals surface area contributed by atoms with Crippen LogP contribution in [0.2, 0.25) is 5.02 Å². The molecule has 1 atom stereocenters. The van der Waals surface area contributed by atoms with Gasteiger partial charge in [-0.25, -0.2) is 4.39 Å². The van der Waals surface area contributed by atoms with Crippen molar-refractivity contribution >= 4 is 17.5 Å². The fourth-order valence-electron chi connectivity index (χ4n) is 2.66. The zero-order valence-corrected chi connectivity index (χ0v) is 12.6. The molecule has 2 rings (SSSR count). The van der Waals surface area contributed by atoms with E-state index in [9.17, 15) is 9.18 Å². The van der Waals surface area contributed by atoms with Crippen LogP contribution in [0.25, 0.3) is 0 Å². The second-order valence-corrected chi connectivity index (χ2v) is 5.74. The first-order chi connectivity index (χ1) is 9.47. The second-order valence-electron chi connectivity index (χ2n) is 5.33. The van der Waals surface area contributed by atoms with Crippen molar-refractivity contribution in [2.24, 2.45) is 0 Å². The Morgan fingerprint density at radius 1 is 1.45 bits per heavy atom. The number of nitrogens with one attached hydrogen (secondary N) is 1. The summed E-state index contributed by atoms with van der Waals surface area (Å²) in [4.78, 5) is 13.1. The van der Waals surface area contributed by atoms with Crippen molar-refractivity contribution in [3.05, 3.63) is 34.6 Å². The van der Waals surface area contributed by atoms with E-state index in [1.165, 1.54) is 12.1 Å². The van der Waals surface area contributed by atoms with Gasteiger partial charge >= 0.3 is 0 Å². The number of likely N-dealkylation sites (tertiary alicyclic amines) is 1. The van der Waals surface area contributed by atoms with Crippen LogP contribution < -0.4 is 5.32 Å². The van der Waals surface area contributed by atoms with Crippen molar-refractivity contribution in [1.29, 1.82) is 0 Å². The van der Waals surface area contributed by atoms with Gasteiger partial charge in [-0.2, -0.15) is 0 Å². The van der Waals surface area contributed by atoms with Gasteiger partial charge in [-0.3, -0.25) is 4.79 Å². The van der Waals surface area contributed by atoms with Crippen molar-refractivity contribution in [3.63, 3.8) is 0 Å². The zero-order valence-electron chi connectivity index (χ0n) is 11.8. The van der Waals surface area contributed by atoms with Gasteiger partial charge in [0.05, 0.1) is 0 Å². The van der Waals surface area contributed by atoms with E-state index in [1.807, 2.05) is 11.8 Å². The molecule has 3 nitrogen and oxygen atoms in total. The average molecular weight is 299 g/mol. The molecule has 1 aromatic carbocycles. The van der Waals surface area contributed by atoms with Gasteiger partial charge in [0.25, 0.3) is 0 Å². The third kappa shape index (κ3) is 3.70. The number of benzene rings is 1. The van der Waals surface area contributed by atoms with E-state index in [1.54, 1.807) is 13.0 Å². The predicted molar refractivity (Wildman–Crippen MR) is 78.2 cm³/mol. The molecule has 1 N–H and O–H groups in total. The molecule has 1 aliphatic rings. The van der Waals surface area contributed by atoms with Crippen molar-refractivity contribution in [3.8, 4) is 0 Å². The van der Waals surface area contributed by atoms with Gasteiger partial charge in [0.2, 0.25) is 5.91 Å². The maximum atomic E-state index is 13.0. The number of amides is 1. The maximum absolute atomic E-state index is 13.0. The molecule has 20 heavy (non-hydrogen) atoms. The minimum absolute atomic E-state index is 0.0666. The molecule has 0 spiro atoms. The lowest BCUT2D eigenvalue weighted by Gasteiger charge is -2.33. The van der Waals surface area contributed by atoms with Crippen molar-refractivity contribution in [2.75, 3.05) is 13.1 Å². The molecular formula is C15H20ClFN2O. The summed E-state index contributed by atoms with van der Waals surface area (Å²) in [6, 6.07) is 4.92. The van der Waals surface area contributed by atoms with E-state index < -0.39 is 0 Å². The summed E-state index contributed by atoms with van der Waals surface area (Å²) in [5.74, 6) is -0.182. The first-order valence-electron chi connectivity index (χ1n) is 6.94. The van der Waals surface area contributed by atoms with Gasteiger partial charge in [0.1, 0.15) is 5.82 Å². The van der Waals surface area contributed by atoms with E-state index in [-0.39, 0.29) is 17.8 Å². The minimum Gasteiger partial charge on any atom is -0.343 e. The lowest BCUT2D eigenvalue weighted by molar-refractivity contribution is -0.129. The SMILES string of the molecule is CC(=O)N1CCC(NC(C)c2ccc(F)cc2Cl)CC1. The molecule has 1 unspecified atom stereocenters. The fourth-order valence-corrected chi connectivity index (χ4v) is 2.99. The monoisotopic (exact) mass is 298 g/mol. The standard InChI is InChI=1S/C15H20ClFN2O/c1-10(14-4-3-12(17)9-15(14)16)18-13-5-7-19(8-6-13)11(2)20/h3-4,9-10,13,18H,5-8H2,1-2H3. The normalized spacial score (nSPS) is 18.1. The highest BCUT2D eigenvalue weighted by molar-refractivity contribution is 6.31. The quantitative estimate of drug-likeness (QED) is 0.930. The van der Waals surface area contributed by atoms with Gasteiger partial charge in [-0.15, -0.1) is 0 Å². The Bertz CT molecular complexity index is 487.